The van der Waals surface area contributed by atoms with Gasteiger partial charge in [0.1, 0.15) is 5.82 Å². The Bertz CT molecular complexity index is 653. The second-order valence-electron chi connectivity index (χ2n) is 5.57. The van der Waals surface area contributed by atoms with Crippen LogP contribution in [0.25, 0.3) is 11.3 Å². The van der Waals surface area contributed by atoms with Crippen molar-refractivity contribution >= 4 is 22.4 Å². The highest BCUT2D eigenvalue weighted by Crippen LogP contribution is 2.27. The molecule has 0 fully saturated rings. The Labute approximate surface area is 146 Å². The van der Waals surface area contributed by atoms with Crippen molar-refractivity contribution in [3.8, 4) is 11.3 Å². The smallest absolute Gasteiger partial charge is 0.225 e. The van der Waals surface area contributed by atoms with E-state index in [1.54, 1.807) is 24.0 Å². The van der Waals surface area contributed by atoms with E-state index in [0.29, 0.717) is 11.7 Å². The van der Waals surface area contributed by atoms with E-state index in [9.17, 15) is 9.18 Å². The zero-order chi connectivity index (χ0) is 17.5. The average Bonchev–Trinajstić information content (AvgIpc) is 3.05. The van der Waals surface area contributed by atoms with Gasteiger partial charge in [0.15, 0.2) is 5.13 Å². The fraction of sp³-hybridized carbons (Fsp3) is 0.444. The molecule has 130 valence electrons. The van der Waals surface area contributed by atoms with Crippen molar-refractivity contribution in [2.45, 2.75) is 27.2 Å². The molecule has 0 unspecified atom stereocenters. The molecule has 0 N–H and O–H groups in total. The number of nitrogens with zero attached hydrogens (tertiary/aromatic N) is 3. The molecule has 1 aromatic carbocycles. The lowest BCUT2D eigenvalue weighted by molar-refractivity contribution is -0.116. The summed E-state index contributed by atoms with van der Waals surface area (Å²) >= 11 is 1.44. The molecule has 0 spiro atoms. The Kier molecular flexibility index (Phi) is 6.87. The quantitative estimate of drug-likeness (QED) is 0.722. The van der Waals surface area contributed by atoms with E-state index in [4.69, 9.17) is 0 Å². The van der Waals surface area contributed by atoms with Crippen LogP contribution >= 0.6 is 11.3 Å². The number of aromatic nitrogens is 1. The van der Waals surface area contributed by atoms with E-state index in [1.165, 1.54) is 23.5 Å². The molecule has 0 radical (unpaired) electrons. The first-order chi connectivity index (χ1) is 11.5. The average molecular weight is 349 g/mol. The van der Waals surface area contributed by atoms with Gasteiger partial charge in [0.25, 0.3) is 0 Å². The first-order valence-corrected chi connectivity index (χ1v) is 9.15. The molecular formula is C18H24FN3OS. The van der Waals surface area contributed by atoms with E-state index in [2.05, 4.69) is 23.7 Å². The van der Waals surface area contributed by atoms with Gasteiger partial charge in [-0.2, -0.15) is 0 Å². The van der Waals surface area contributed by atoms with E-state index in [1.807, 2.05) is 5.38 Å². The number of amides is 1. The second-order valence-corrected chi connectivity index (χ2v) is 6.41. The molecule has 6 heteroatoms. The summed E-state index contributed by atoms with van der Waals surface area (Å²) in [5.74, 6) is -0.273. The van der Waals surface area contributed by atoms with Gasteiger partial charge in [-0.1, -0.05) is 13.8 Å². The van der Waals surface area contributed by atoms with Crippen molar-refractivity contribution in [1.29, 1.82) is 0 Å². The zero-order valence-electron chi connectivity index (χ0n) is 14.5. The van der Waals surface area contributed by atoms with Gasteiger partial charge in [-0.25, -0.2) is 9.37 Å². The van der Waals surface area contributed by atoms with Gasteiger partial charge in [-0.3, -0.25) is 9.69 Å². The van der Waals surface area contributed by atoms with Gasteiger partial charge in [0, 0.05) is 24.4 Å². The van der Waals surface area contributed by atoms with Crippen LogP contribution in [0.15, 0.2) is 29.6 Å². The lowest BCUT2D eigenvalue weighted by Gasteiger charge is -2.21. The summed E-state index contributed by atoms with van der Waals surface area (Å²) in [6.07, 6.45) is 0.909. The minimum atomic E-state index is -0.268. The highest BCUT2D eigenvalue weighted by Gasteiger charge is 2.16. The molecule has 0 aliphatic heterocycles. The molecule has 1 aromatic heterocycles. The molecule has 0 atom stereocenters. The van der Waals surface area contributed by atoms with Crippen LogP contribution in [-0.4, -0.2) is 42.0 Å². The molecule has 24 heavy (non-hydrogen) atoms. The third-order valence-electron chi connectivity index (χ3n) is 3.99. The molecule has 1 heterocycles. The first kappa shape index (κ1) is 18.5. The molecule has 0 bridgehead atoms. The maximum atomic E-state index is 13.0. The normalized spacial score (nSPS) is 11.0. The van der Waals surface area contributed by atoms with Crippen LogP contribution < -0.4 is 4.90 Å². The van der Waals surface area contributed by atoms with E-state index in [-0.39, 0.29) is 11.7 Å². The van der Waals surface area contributed by atoms with Crippen molar-refractivity contribution in [3.63, 3.8) is 0 Å². The van der Waals surface area contributed by atoms with Gasteiger partial charge < -0.3 is 4.90 Å². The van der Waals surface area contributed by atoms with Crippen LogP contribution in [0, 0.1) is 5.82 Å². The summed E-state index contributed by atoms with van der Waals surface area (Å²) in [7, 11) is 0. The molecule has 0 saturated carbocycles. The molecule has 0 saturated heterocycles. The second kappa shape index (κ2) is 8.89. The standard InChI is InChI=1S/C18H24FN3OS/c1-4-21(5-2)11-6-12-22(14(3)23)18-20-17(13-24-18)15-7-9-16(19)10-8-15/h7-10,13H,4-6,11-12H2,1-3H3. The largest absolute Gasteiger partial charge is 0.304 e. The number of anilines is 1. The topological polar surface area (TPSA) is 36.4 Å². The summed E-state index contributed by atoms with van der Waals surface area (Å²) in [4.78, 5) is 20.6. The predicted molar refractivity (Wildman–Crippen MR) is 97.9 cm³/mol. The molecular weight excluding hydrogens is 325 g/mol. The third-order valence-corrected chi connectivity index (χ3v) is 4.86. The van der Waals surface area contributed by atoms with Crippen LogP contribution in [0.2, 0.25) is 0 Å². The first-order valence-electron chi connectivity index (χ1n) is 8.27. The minimum Gasteiger partial charge on any atom is -0.304 e. The van der Waals surface area contributed by atoms with Crippen molar-refractivity contribution in [2.24, 2.45) is 0 Å². The summed E-state index contributed by atoms with van der Waals surface area (Å²) in [5, 5.41) is 2.60. The van der Waals surface area contributed by atoms with Crippen molar-refractivity contribution in [2.75, 3.05) is 31.1 Å². The van der Waals surface area contributed by atoms with E-state index < -0.39 is 0 Å². The summed E-state index contributed by atoms with van der Waals surface area (Å²) in [6, 6.07) is 6.24. The van der Waals surface area contributed by atoms with Crippen LogP contribution in [0.3, 0.4) is 0 Å². The van der Waals surface area contributed by atoms with Gasteiger partial charge in [-0.05, 0) is 50.3 Å². The minimum absolute atomic E-state index is 0.00504. The Morgan fingerprint density at radius 2 is 1.83 bits per heavy atom. The van der Waals surface area contributed by atoms with Gasteiger partial charge in [-0.15, -0.1) is 11.3 Å². The number of hydrogen-bond donors (Lipinski definition) is 0. The lowest BCUT2D eigenvalue weighted by Crippen LogP contribution is -2.32. The summed E-state index contributed by atoms with van der Waals surface area (Å²) in [6.45, 7) is 9.50. The number of rotatable bonds is 8. The van der Waals surface area contributed by atoms with Crippen LogP contribution in [0.1, 0.15) is 27.2 Å². The van der Waals surface area contributed by atoms with Gasteiger partial charge in [0.05, 0.1) is 5.69 Å². The van der Waals surface area contributed by atoms with Crippen LogP contribution in [0.5, 0.6) is 0 Å². The van der Waals surface area contributed by atoms with Gasteiger partial charge in [0.2, 0.25) is 5.91 Å². The molecule has 1 amide bonds. The number of carbonyl (C=O) groups excluding carboxylic acids is 1. The predicted octanol–water partition coefficient (Wildman–Crippen LogP) is 4.03. The molecule has 2 rings (SSSR count). The van der Waals surface area contributed by atoms with E-state index >= 15 is 0 Å². The highest BCUT2D eigenvalue weighted by molar-refractivity contribution is 7.14. The number of thiazole rings is 1. The number of hydrogen-bond acceptors (Lipinski definition) is 4. The van der Waals surface area contributed by atoms with Crippen molar-refractivity contribution in [1.82, 2.24) is 9.88 Å². The fourth-order valence-corrected chi connectivity index (χ4v) is 3.43. The zero-order valence-corrected chi connectivity index (χ0v) is 15.3. The molecule has 2 aromatic rings. The Morgan fingerprint density at radius 3 is 2.42 bits per heavy atom. The number of carbonyl (C=O) groups is 1. The maximum absolute atomic E-state index is 13.0. The molecule has 0 aliphatic rings. The Morgan fingerprint density at radius 1 is 1.17 bits per heavy atom. The third kappa shape index (κ3) is 4.85. The summed E-state index contributed by atoms with van der Waals surface area (Å²) < 4.78 is 13.0. The van der Waals surface area contributed by atoms with Crippen molar-refractivity contribution < 1.29 is 9.18 Å². The monoisotopic (exact) mass is 349 g/mol. The van der Waals surface area contributed by atoms with Crippen molar-refractivity contribution in [3.05, 3.63) is 35.5 Å². The molecule has 0 aliphatic carbocycles. The van der Waals surface area contributed by atoms with Crippen LogP contribution in [0.4, 0.5) is 9.52 Å². The fourth-order valence-electron chi connectivity index (χ4n) is 2.52. The number of benzene rings is 1. The Hall–Kier alpha value is -1.79. The van der Waals surface area contributed by atoms with Gasteiger partial charge >= 0.3 is 0 Å². The SMILES string of the molecule is CCN(CC)CCCN(C(C)=O)c1nc(-c2ccc(F)cc2)cs1. The maximum Gasteiger partial charge on any atom is 0.225 e. The van der Waals surface area contributed by atoms with E-state index in [0.717, 1.165) is 37.3 Å². The lowest BCUT2D eigenvalue weighted by atomic mass is 10.2. The molecule has 4 nitrogen and oxygen atoms in total. The summed E-state index contributed by atoms with van der Waals surface area (Å²) in [5.41, 5.74) is 1.62. The Balaban J connectivity index is 2.06. The number of halogens is 1. The highest BCUT2D eigenvalue weighted by atomic mass is 32.1. The van der Waals surface area contributed by atoms with Crippen LogP contribution in [-0.2, 0) is 4.79 Å².